The molecule has 0 aliphatic heterocycles. The highest BCUT2D eigenvalue weighted by Gasteiger charge is 2.16. The number of hydrogen-bond donors (Lipinski definition) is 1. The van der Waals surface area contributed by atoms with Crippen LogP contribution in [0.2, 0.25) is 10.0 Å². The summed E-state index contributed by atoms with van der Waals surface area (Å²) >= 11 is 12.3. The summed E-state index contributed by atoms with van der Waals surface area (Å²) in [7, 11) is 1.57. The van der Waals surface area contributed by atoms with Crippen LogP contribution < -0.4 is 9.47 Å². The van der Waals surface area contributed by atoms with Gasteiger partial charge in [-0.1, -0.05) is 29.3 Å². The fourth-order valence-electron chi connectivity index (χ4n) is 2.39. The average Bonchev–Trinajstić information content (AvgIpc) is 2.61. The molecule has 1 aromatic heterocycles. The van der Waals surface area contributed by atoms with Gasteiger partial charge in [0.05, 0.1) is 36.0 Å². The molecule has 0 aliphatic carbocycles. The van der Waals surface area contributed by atoms with Crippen molar-refractivity contribution in [1.29, 1.82) is 0 Å². The van der Waals surface area contributed by atoms with Crippen molar-refractivity contribution in [3.05, 3.63) is 51.8 Å². The maximum absolute atomic E-state index is 10.6. The Morgan fingerprint density at radius 3 is 2.38 bits per heavy atom. The van der Waals surface area contributed by atoms with Gasteiger partial charge in [-0.25, -0.2) is 0 Å². The topological polar surface area (TPSA) is 60.8 Å². The number of halogens is 2. The minimum Gasteiger partial charge on any atom is -0.493 e. The number of nitrogens with zero attached hydrogens (tertiary/aromatic N) is 1. The zero-order valence-electron chi connectivity index (χ0n) is 15.0. The Hall–Kier alpha value is -1.53. The summed E-state index contributed by atoms with van der Waals surface area (Å²) in [6.45, 7) is 4.78. The fraction of sp³-hybridized carbons (Fsp3) is 0.421. The lowest BCUT2D eigenvalue weighted by atomic mass is 10.0. The maximum atomic E-state index is 10.6. The molecule has 1 unspecified atom stereocenters. The average molecular weight is 400 g/mol. The van der Waals surface area contributed by atoms with Gasteiger partial charge in [0.2, 0.25) is 0 Å². The van der Waals surface area contributed by atoms with E-state index in [1.807, 2.05) is 13.8 Å². The normalized spacial score (nSPS) is 12.3. The molecule has 2 aromatic rings. The van der Waals surface area contributed by atoms with Crippen LogP contribution in [-0.2, 0) is 11.2 Å². The van der Waals surface area contributed by atoms with Crippen molar-refractivity contribution in [3.63, 3.8) is 0 Å². The number of hydrogen-bond acceptors (Lipinski definition) is 5. The van der Waals surface area contributed by atoms with E-state index in [9.17, 15) is 5.11 Å². The van der Waals surface area contributed by atoms with Crippen LogP contribution in [-0.4, -0.2) is 36.5 Å². The van der Waals surface area contributed by atoms with E-state index in [-0.39, 0.29) is 12.5 Å². The monoisotopic (exact) mass is 399 g/mol. The summed E-state index contributed by atoms with van der Waals surface area (Å²) in [5, 5.41) is 11.4. The van der Waals surface area contributed by atoms with Crippen molar-refractivity contribution in [3.8, 4) is 11.5 Å². The van der Waals surface area contributed by atoms with Crippen molar-refractivity contribution in [2.24, 2.45) is 0 Å². The van der Waals surface area contributed by atoms with Gasteiger partial charge in [0.25, 0.3) is 0 Å². The molecule has 0 spiro atoms. The minimum absolute atomic E-state index is 0.142. The summed E-state index contributed by atoms with van der Waals surface area (Å²) in [5.41, 5.74) is 1.33. The summed E-state index contributed by atoms with van der Waals surface area (Å²) < 4.78 is 16.5. The molecule has 0 saturated carbocycles. The number of rotatable bonds is 9. The lowest BCUT2D eigenvalue weighted by molar-refractivity contribution is 0.0546. The molecule has 7 heteroatoms. The molecule has 0 aliphatic rings. The molecule has 2 rings (SSSR count). The number of aromatic nitrogens is 1. The summed E-state index contributed by atoms with van der Waals surface area (Å²) in [5.74, 6) is 1.13. The number of methoxy groups -OCH3 is 1. The molecule has 5 nitrogen and oxygen atoms in total. The van der Waals surface area contributed by atoms with Gasteiger partial charge in [-0.3, -0.25) is 4.98 Å². The van der Waals surface area contributed by atoms with E-state index in [0.29, 0.717) is 45.9 Å². The molecule has 0 bridgehead atoms. The van der Waals surface area contributed by atoms with Crippen molar-refractivity contribution < 1.29 is 19.3 Å². The minimum atomic E-state index is -0.799. The summed E-state index contributed by atoms with van der Waals surface area (Å²) in [4.78, 5) is 3.92. The van der Waals surface area contributed by atoms with E-state index in [4.69, 9.17) is 37.4 Å². The molecule has 142 valence electrons. The lowest BCUT2D eigenvalue weighted by Gasteiger charge is -2.17. The third-order valence-electron chi connectivity index (χ3n) is 3.71. The molecule has 1 aromatic carbocycles. The van der Waals surface area contributed by atoms with E-state index >= 15 is 0 Å². The number of aliphatic hydroxyl groups is 1. The molecule has 0 saturated heterocycles. The van der Waals surface area contributed by atoms with Crippen molar-refractivity contribution in [1.82, 2.24) is 4.98 Å². The zero-order chi connectivity index (χ0) is 19.1. The van der Waals surface area contributed by atoms with Gasteiger partial charge in [-0.05, 0) is 37.1 Å². The highest BCUT2D eigenvalue weighted by molar-refractivity contribution is 6.35. The van der Waals surface area contributed by atoms with Gasteiger partial charge in [0.1, 0.15) is 6.61 Å². The van der Waals surface area contributed by atoms with Crippen molar-refractivity contribution in [2.45, 2.75) is 32.5 Å². The van der Waals surface area contributed by atoms with Gasteiger partial charge in [-0.15, -0.1) is 0 Å². The Balaban J connectivity index is 2.12. The van der Waals surface area contributed by atoms with E-state index in [1.165, 1.54) is 12.4 Å². The van der Waals surface area contributed by atoms with Crippen LogP contribution in [0.3, 0.4) is 0 Å². The Bertz CT molecular complexity index is 704. The van der Waals surface area contributed by atoms with Crippen LogP contribution in [0.15, 0.2) is 30.6 Å². The Kier molecular flexibility index (Phi) is 7.97. The number of benzene rings is 1. The first-order chi connectivity index (χ1) is 12.4. The van der Waals surface area contributed by atoms with Gasteiger partial charge in [-0.2, -0.15) is 0 Å². The third kappa shape index (κ3) is 5.74. The molecule has 1 atom stereocenters. The number of pyridine rings is 1. The van der Waals surface area contributed by atoms with Gasteiger partial charge in [0, 0.05) is 18.8 Å². The molecular formula is C19H23Cl2NO4. The summed E-state index contributed by atoms with van der Waals surface area (Å²) in [6.07, 6.45) is 2.62. The molecule has 0 fully saturated rings. The van der Waals surface area contributed by atoms with Crippen LogP contribution in [0, 0.1) is 0 Å². The standard InChI is InChI=1S/C19H23Cl2NO4/c1-12(2)25-6-7-26-19-8-13(4-5-18(19)24-3)17(23)9-14-15(20)10-22-11-16(14)21/h4-5,8,10-12,17,23H,6-7,9H2,1-3H3. The maximum Gasteiger partial charge on any atom is 0.161 e. The second kappa shape index (κ2) is 9.97. The van der Waals surface area contributed by atoms with Crippen molar-refractivity contribution >= 4 is 23.2 Å². The summed E-state index contributed by atoms with van der Waals surface area (Å²) in [6, 6.07) is 5.29. The SMILES string of the molecule is COc1ccc(C(O)Cc2c(Cl)cncc2Cl)cc1OCCOC(C)C. The highest BCUT2D eigenvalue weighted by atomic mass is 35.5. The van der Waals surface area contributed by atoms with Gasteiger partial charge in [0.15, 0.2) is 11.5 Å². The predicted molar refractivity (Wildman–Crippen MR) is 102 cm³/mol. The fourth-order valence-corrected chi connectivity index (χ4v) is 2.91. The first-order valence-electron chi connectivity index (χ1n) is 8.30. The molecule has 0 radical (unpaired) electrons. The number of ether oxygens (including phenoxy) is 3. The third-order valence-corrected chi connectivity index (χ3v) is 4.37. The first kappa shape index (κ1) is 20.8. The first-order valence-corrected chi connectivity index (χ1v) is 9.06. The van der Waals surface area contributed by atoms with E-state index in [0.717, 1.165) is 0 Å². The van der Waals surface area contributed by atoms with Crippen LogP contribution in [0.1, 0.15) is 31.1 Å². The largest absolute Gasteiger partial charge is 0.493 e. The smallest absolute Gasteiger partial charge is 0.161 e. The number of aliphatic hydroxyl groups excluding tert-OH is 1. The Morgan fingerprint density at radius 2 is 1.77 bits per heavy atom. The molecular weight excluding hydrogens is 377 g/mol. The Labute approximate surface area is 163 Å². The van der Waals surface area contributed by atoms with E-state index in [1.54, 1.807) is 25.3 Å². The van der Waals surface area contributed by atoms with Crippen LogP contribution >= 0.6 is 23.2 Å². The molecule has 1 N–H and O–H groups in total. The van der Waals surface area contributed by atoms with Gasteiger partial charge < -0.3 is 19.3 Å². The van der Waals surface area contributed by atoms with Crippen molar-refractivity contribution in [2.75, 3.05) is 20.3 Å². The quantitative estimate of drug-likeness (QED) is 0.629. The second-order valence-corrected chi connectivity index (χ2v) is 6.79. The van der Waals surface area contributed by atoms with Crippen LogP contribution in [0.4, 0.5) is 0 Å². The molecule has 0 amide bonds. The van der Waals surface area contributed by atoms with Gasteiger partial charge >= 0.3 is 0 Å². The Morgan fingerprint density at radius 1 is 1.08 bits per heavy atom. The van der Waals surface area contributed by atoms with E-state index < -0.39 is 6.10 Å². The highest BCUT2D eigenvalue weighted by Crippen LogP contribution is 2.33. The second-order valence-electron chi connectivity index (χ2n) is 5.98. The van der Waals surface area contributed by atoms with Crippen LogP contribution in [0.5, 0.6) is 11.5 Å². The lowest BCUT2D eigenvalue weighted by Crippen LogP contribution is -2.12. The van der Waals surface area contributed by atoms with Crippen LogP contribution in [0.25, 0.3) is 0 Å². The zero-order valence-corrected chi connectivity index (χ0v) is 16.5. The molecule has 1 heterocycles. The van der Waals surface area contributed by atoms with E-state index in [2.05, 4.69) is 4.98 Å². The molecule has 26 heavy (non-hydrogen) atoms. The predicted octanol–water partition coefficient (Wildman–Crippen LogP) is 4.48.